The summed E-state index contributed by atoms with van der Waals surface area (Å²) in [6, 6.07) is 0.425. The molecule has 0 radical (unpaired) electrons. The van der Waals surface area contributed by atoms with Crippen LogP contribution in [0.1, 0.15) is 52.9 Å². The zero-order valence-electron chi connectivity index (χ0n) is 11.9. The van der Waals surface area contributed by atoms with Crippen molar-refractivity contribution in [1.82, 2.24) is 5.32 Å². The van der Waals surface area contributed by atoms with E-state index in [4.69, 9.17) is 4.74 Å². The summed E-state index contributed by atoms with van der Waals surface area (Å²) < 4.78 is 5.44. The maximum absolute atomic E-state index is 9.54. The first kappa shape index (κ1) is 14.9. The van der Waals surface area contributed by atoms with E-state index in [0.717, 1.165) is 25.8 Å². The smallest absolute Gasteiger partial charge is 0.0637 e. The number of aliphatic hydroxyl groups excluding tert-OH is 1. The summed E-state index contributed by atoms with van der Waals surface area (Å²) in [7, 11) is 1.76. The van der Waals surface area contributed by atoms with Gasteiger partial charge in [-0.1, -0.05) is 12.8 Å². The lowest BCUT2D eigenvalue weighted by molar-refractivity contribution is 0.00698. The Hall–Kier alpha value is -0.120. The molecule has 0 bridgehead atoms. The van der Waals surface area contributed by atoms with Gasteiger partial charge in [-0.25, -0.2) is 0 Å². The Balaban J connectivity index is 2.34. The summed E-state index contributed by atoms with van der Waals surface area (Å²) in [6.45, 7) is 7.68. The van der Waals surface area contributed by atoms with E-state index in [-0.39, 0.29) is 11.0 Å². The van der Waals surface area contributed by atoms with E-state index >= 15 is 0 Å². The van der Waals surface area contributed by atoms with Crippen molar-refractivity contribution in [1.29, 1.82) is 0 Å². The molecule has 0 amide bonds. The quantitative estimate of drug-likeness (QED) is 0.721. The van der Waals surface area contributed by atoms with Gasteiger partial charge < -0.3 is 15.2 Å². The lowest BCUT2D eigenvalue weighted by atomic mass is 9.86. The molecule has 3 nitrogen and oxygen atoms in total. The molecule has 0 heterocycles. The Morgan fingerprint density at radius 3 is 2.41 bits per heavy atom. The largest absolute Gasteiger partial charge is 0.396 e. The minimum absolute atomic E-state index is 0.0749. The average molecular weight is 243 g/mol. The van der Waals surface area contributed by atoms with Crippen LogP contribution < -0.4 is 5.32 Å². The third-order valence-corrected chi connectivity index (χ3v) is 4.18. The molecule has 1 rings (SSSR count). The number of aliphatic hydroxyl groups is 1. The van der Waals surface area contributed by atoms with Crippen LogP contribution in [0, 0.1) is 5.41 Å². The average Bonchev–Trinajstić information content (AvgIpc) is 2.75. The second-order valence-corrected chi connectivity index (χ2v) is 6.32. The topological polar surface area (TPSA) is 41.5 Å². The standard InChI is InChI=1S/C14H29NO2/c1-12(9-13(2,3)17-4)15-10-14(11-16)7-5-6-8-14/h12,15-16H,5-11H2,1-4H3. The molecule has 1 aliphatic carbocycles. The zero-order valence-corrected chi connectivity index (χ0v) is 11.9. The van der Waals surface area contributed by atoms with Crippen molar-refractivity contribution in [3.8, 4) is 0 Å². The van der Waals surface area contributed by atoms with Gasteiger partial charge in [0, 0.05) is 31.7 Å². The fraction of sp³-hybridized carbons (Fsp3) is 1.00. The van der Waals surface area contributed by atoms with Gasteiger partial charge in [0.2, 0.25) is 0 Å². The van der Waals surface area contributed by atoms with E-state index < -0.39 is 0 Å². The SMILES string of the molecule is COC(C)(C)CC(C)NCC1(CO)CCCC1. The Kier molecular flexibility index (Phi) is 5.42. The molecule has 0 spiro atoms. The minimum Gasteiger partial charge on any atom is -0.396 e. The normalized spacial score (nSPS) is 21.7. The van der Waals surface area contributed by atoms with Crippen LogP contribution >= 0.6 is 0 Å². The van der Waals surface area contributed by atoms with Crippen LogP contribution in [0.25, 0.3) is 0 Å². The van der Waals surface area contributed by atoms with Crippen LogP contribution in [-0.4, -0.2) is 37.0 Å². The van der Waals surface area contributed by atoms with E-state index in [0.29, 0.717) is 12.6 Å². The van der Waals surface area contributed by atoms with Crippen LogP contribution in [-0.2, 0) is 4.74 Å². The first-order valence-electron chi connectivity index (χ1n) is 6.82. The Morgan fingerprint density at radius 1 is 1.35 bits per heavy atom. The van der Waals surface area contributed by atoms with Crippen LogP contribution in [0.2, 0.25) is 0 Å². The summed E-state index contributed by atoms with van der Waals surface area (Å²) in [6.07, 6.45) is 5.85. The monoisotopic (exact) mass is 243 g/mol. The third kappa shape index (κ3) is 4.57. The van der Waals surface area contributed by atoms with E-state index in [2.05, 4.69) is 26.1 Å². The van der Waals surface area contributed by atoms with Crippen LogP contribution in [0.3, 0.4) is 0 Å². The summed E-state index contributed by atoms with van der Waals surface area (Å²) in [5.41, 5.74) is 0.0694. The highest BCUT2D eigenvalue weighted by Crippen LogP contribution is 2.37. The molecule has 1 saturated carbocycles. The van der Waals surface area contributed by atoms with Crippen molar-refractivity contribution in [2.24, 2.45) is 5.41 Å². The van der Waals surface area contributed by atoms with E-state index in [1.54, 1.807) is 7.11 Å². The van der Waals surface area contributed by atoms with Gasteiger partial charge in [-0.2, -0.15) is 0 Å². The molecule has 0 aromatic carbocycles. The third-order valence-electron chi connectivity index (χ3n) is 4.18. The van der Waals surface area contributed by atoms with Crippen molar-refractivity contribution >= 4 is 0 Å². The second kappa shape index (κ2) is 6.17. The van der Waals surface area contributed by atoms with Crippen LogP contribution in [0.4, 0.5) is 0 Å². The molecule has 0 aromatic rings. The highest BCUT2D eigenvalue weighted by molar-refractivity contribution is 4.87. The summed E-state index contributed by atoms with van der Waals surface area (Å²) >= 11 is 0. The van der Waals surface area contributed by atoms with Crippen molar-refractivity contribution in [3.05, 3.63) is 0 Å². The molecule has 1 unspecified atom stereocenters. The first-order valence-corrected chi connectivity index (χ1v) is 6.82. The highest BCUT2D eigenvalue weighted by atomic mass is 16.5. The van der Waals surface area contributed by atoms with Crippen molar-refractivity contribution < 1.29 is 9.84 Å². The Morgan fingerprint density at radius 2 is 1.94 bits per heavy atom. The number of rotatable bonds is 7. The fourth-order valence-corrected chi connectivity index (χ4v) is 2.80. The predicted octanol–water partition coefficient (Wildman–Crippen LogP) is 2.33. The number of hydrogen-bond donors (Lipinski definition) is 2. The van der Waals surface area contributed by atoms with Crippen LogP contribution in [0.5, 0.6) is 0 Å². The second-order valence-electron chi connectivity index (χ2n) is 6.32. The molecule has 0 aromatic heterocycles. The number of ether oxygens (including phenoxy) is 1. The maximum Gasteiger partial charge on any atom is 0.0637 e. The van der Waals surface area contributed by atoms with Gasteiger partial charge in [0.25, 0.3) is 0 Å². The Labute approximate surface area is 106 Å². The zero-order chi connectivity index (χ0) is 12.9. The maximum atomic E-state index is 9.54. The molecule has 0 saturated heterocycles. The van der Waals surface area contributed by atoms with Gasteiger partial charge in [-0.05, 0) is 40.0 Å². The van der Waals surface area contributed by atoms with Gasteiger partial charge in [-0.15, -0.1) is 0 Å². The molecule has 1 atom stereocenters. The molecule has 0 aliphatic heterocycles. The van der Waals surface area contributed by atoms with E-state index in [9.17, 15) is 5.11 Å². The van der Waals surface area contributed by atoms with Gasteiger partial charge in [-0.3, -0.25) is 0 Å². The van der Waals surface area contributed by atoms with Crippen LogP contribution in [0.15, 0.2) is 0 Å². The first-order chi connectivity index (χ1) is 7.93. The Bertz CT molecular complexity index is 222. The summed E-state index contributed by atoms with van der Waals surface area (Å²) in [5, 5.41) is 13.1. The number of nitrogens with one attached hydrogen (secondary N) is 1. The molecule has 102 valence electrons. The molecular formula is C14H29NO2. The summed E-state index contributed by atoms with van der Waals surface area (Å²) in [5.74, 6) is 0. The van der Waals surface area contributed by atoms with Crippen molar-refractivity contribution in [3.63, 3.8) is 0 Å². The molecule has 1 aliphatic rings. The van der Waals surface area contributed by atoms with Gasteiger partial charge in [0.05, 0.1) is 5.60 Å². The molecule has 17 heavy (non-hydrogen) atoms. The molecule has 2 N–H and O–H groups in total. The molecule has 1 fully saturated rings. The van der Waals surface area contributed by atoms with Crippen molar-refractivity contribution in [2.75, 3.05) is 20.3 Å². The molecule has 3 heteroatoms. The number of hydrogen-bond acceptors (Lipinski definition) is 3. The van der Waals surface area contributed by atoms with E-state index in [1.807, 2.05) is 0 Å². The van der Waals surface area contributed by atoms with Gasteiger partial charge in [0.1, 0.15) is 0 Å². The van der Waals surface area contributed by atoms with Gasteiger partial charge in [0.15, 0.2) is 0 Å². The molecular weight excluding hydrogens is 214 g/mol. The minimum atomic E-state index is -0.0749. The lowest BCUT2D eigenvalue weighted by Crippen LogP contribution is -2.42. The van der Waals surface area contributed by atoms with Crippen molar-refractivity contribution in [2.45, 2.75) is 64.5 Å². The van der Waals surface area contributed by atoms with E-state index in [1.165, 1.54) is 12.8 Å². The fourth-order valence-electron chi connectivity index (χ4n) is 2.80. The highest BCUT2D eigenvalue weighted by Gasteiger charge is 2.33. The predicted molar refractivity (Wildman–Crippen MR) is 71.2 cm³/mol. The van der Waals surface area contributed by atoms with Gasteiger partial charge >= 0.3 is 0 Å². The number of methoxy groups -OCH3 is 1. The lowest BCUT2D eigenvalue weighted by Gasteiger charge is -2.32. The summed E-state index contributed by atoms with van der Waals surface area (Å²) in [4.78, 5) is 0.